The predicted molar refractivity (Wildman–Crippen MR) is 98.8 cm³/mol. The lowest BCUT2D eigenvalue weighted by Crippen LogP contribution is -2.62. The average Bonchev–Trinajstić information content (AvgIpc) is 2.97. The number of aliphatic hydroxyl groups is 1. The fourth-order valence-corrected chi connectivity index (χ4v) is 6.83. The van der Waals surface area contributed by atoms with Crippen LogP contribution in [-0.4, -0.2) is 30.2 Å². The predicted octanol–water partition coefficient (Wildman–Crippen LogP) is 3.83. The number of aliphatic hydroxyl groups excluding tert-OH is 1. The first-order chi connectivity index (χ1) is 11.7. The van der Waals surface area contributed by atoms with Crippen molar-refractivity contribution in [3.05, 3.63) is 0 Å². The number of ketones is 1. The maximum atomic E-state index is 13.5. The Morgan fingerprint density at radius 2 is 1.84 bits per heavy atom. The van der Waals surface area contributed by atoms with Crippen molar-refractivity contribution in [2.75, 3.05) is 7.11 Å². The molecule has 0 spiro atoms. The number of carbonyl (C=O) groups is 1. The zero-order valence-corrected chi connectivity index (χ0v) is 16.7. The van der Waals surface area contributed by atoms with Crippen LogP contribution in [0.4, 0.5) is 0 Å². The van der Waals surface area contributed by atoms with Gasteiger partial charge in [0, 0.05) is 18.4 Å². The van der Waals surface area contributed by atoms with Gasteiger partial charge in [0.25, 0.3) is 0 Å². The molecule has 3 aliphatic rings. The topological polar surface area (TPSA) is 46.5 Å². The second kappa shape index (κ2) is 6.10. The first-order valence-corrected chi connectivity index (χ1v) is 9.86. The second-order valence-electron chi connectivity index (χ2n) is 9.34. The first kappa shape index (κ1) is 18.9. The average molecular weight is 347 g/mol. The number of Topliss-reactive ketones (excluding diaryl/α,β-unsaturated/α-hetero) is 1. The van der Waals surface area contributed by atoms with Crippen LogP contribution in [0.15, 0.2) is 0 Å². The van der Waals surface area contributed by atoms with Crippen LogP contribution in [0.25, 0.3) is 0 Å². The summed E-state index contributed by atoms with van der Waals surface area (Å²) in [6.45, 7) is 10.4. The van der Waals surface area contributed by atoms with Crippen molar-refractivity contribution in [1.29, 1.82) is 0 Å². The molecule has 0 aromatic carbocycles. The molecule has 0 saturated heterocycles. The summed E-state index contributed by atoms with van der Waals surface area (Å²) >= 11 is 0. The van der Waals surface area contributed by atoms with E-state index >= 15 is 0 Å². The van der Waals surface area contributed by atoms with Gasteiger partial charge in [-0.1, -0.05) is 26.7 Å². The summed E-state index contributed by atoms with van der Waals surface area (Å²) in [6.07, 6.45) is 4.18. The molecule has 2 bridgehead atoms. The van der Waals surface area contributed by atoms with Crippen molar-refractivity contribution in [3.8, 4) is 11.8 Å². The lowest BCUT2D eigenvalue weighted by Gasteiger charge is -2.61. The number of carbonyl (C=O) groups excluding carboxylic acids is 1. The summed E-state index contributed by atoms with van der Waals surface area (Å²) in [7, 11) is 1.79. The van der Waals surface area contributed by atoms with E-state index in [2.05, 4.69) is 32.6 Å². The third kappa shape index (κ3) is 2.37. The number of hydrogen-bond acceptors (Lipinski definition) is 3. The minimum absolute atomic E-state index is 0.0391. The minimum atomic E-state index is -0.755. The number of methoxy groups -OCH3 is 1. The fraction of sp³-hybridized carbons (Fsp3) is 0.864. The summed E-state index contributed by atoms with van der Waals surface area (Å²) in [5, 5.41) is 11.4. The molecule has 0 aliphatic heterocycles. The van der Waals surface area contributed by atoms with Gasteiger partial charge in [-0.2, -0.15) is 0 Å². The largest absolute Gasteiger partial charge is 0.392 e. The first-order valence-electron chi connectivity index (χ1n) is 9.86. The second-order valence-corrected chi connectivity index (χ2v) is 9.34. The molecule has 3 unspecified atom stereocenters. The number of rotatable bonds is 1. The maximum absolute atomic E-state index is 13.5. The monoisotopic (exact) mass is 346 g/mol. The van der Waals surface area contributed by atoms with Crippen LogP contribution >= 0.6 is 0 Å². The van der Waals surface area contributed by atoms with E-state index in [1.165, 1.54) is 0 Å². The molecule has 0 aromatic rings. The summed E-state index contributed by atoms with van der Waals surface area (Å²) in [5.74, 6) is 6.96. The van der Waals surface area contributed by atoms with Crippen LogP contribution in [0.2, 0.25) is 0 Å². The summed E-state index contributed by atoms with van der Waals surface area (Å²) in [5.41, 5.74) is -1.05. The Labute approximate surface area is 152 Å². The summed E-state index contributed by atoms with van der Waals surface area (Å²) < 4.78 is 5.90. The van der Waals surface area contributed by atoms with Crippen LogP contribution in [0, 0.1) is 45.8 Å². The Hall–Kier alpha value is -0.850. The number of hydrogen-bond donors (Lipinski definition) is 1. The van der Waals surface area contributed by atoms with Crippen LogP contribution in [0.3, 0.4) is 0 Å². The molecular weight excluding hydrogens is 312 g/mol. The van der Waals surface area contributed by atoms with Crippen molar-refractivity contribution in [2.24, 2.45) is 34.0 Å². The van der Waals surface area contributed by atoms with Gasteiger partial charge in [0.15, 0.2) is 5.78 Å². The fourth-order valence-electron chi connectivity index (χ4n) is 6.83. The molecule has 8 atom stereocenters. The lowest BCUT2D eigenvalue weighted by molar-refractivity contribution is -0.188. The van der Waals surface area contributed by atoms with E-state index in [9.17, 15) is 9.90 Å². The Bertz CT molecular complexity index is 616. The zero-order chi connectivity index (χ0) is 18.6. The van der Waals surface area contributed by atoms with Gasteiger partial charge in [-0.3, -0.25) is 4.79 Å². The van der Waals surface area contributed by atoms with Crippen LogP contribution in [0.5, 0.6) is 0 Å². The molecule has 3 saturated carbocycles. The standard InChI is InChI=1S/C22H34O3/c1-7-10-20(4)13-17(23)21(5)14(2)8-11-22(15(3)19(20)24)12-9-16(25-6)18(21)22/h14-18,23H,8-9,11-13H2,1-6H3/t14-,15+,16?,17-,18?,20-,21+,22?/m1/s1. The van der Waals surface area contributed by atoms with E-state index < -0.39 is 11.5 Å². The molecule has 140 valence electrons. The Kier molecular flexibility index (Phi) is 4.62. The highest BCUT2D eigenvalue weighted by molar-refractivity contribution is 5.90. The third-order valence-electron chi connectivity index (χ3n) is 8.48. The van der Waals surface area contributed by atoms with Crippen molar-refractivity contribution in [3.63, 3.8) is 0 Å². The molecule has 0 aromatic heterocycles. The smallest absolute Gasteiger partial charge is 0.154 e. The van der Waals surface area contributed by atoms with Crippen molar-refractivity contribution < 1.29 is 14.6 Å². The molecule has 3 aliphatic carbocycles. The molecule has 0 radical (unpaired) electrons. The lowest BCUT2D eigenvalue weighted by atomic mass is 9.44. The van der Waals surface area contributed by atoms with Crippen molar-refractivity contribution >= 4 is 5.78 Å². The quantitative estimate of drug-likeness (QED) is 0.734. The Balaban J connectivity index is 2.21. The molecule has 25 heavy (non-hydrogen) atoms. The molecule has 3 rings (SSSR count). The van der Waals surface area contributed by atoms with Gasteiger partial charge in [-0.15, -0.1) is 5.92 Å². The maximum Gasteiger partial charge on any atom is 0.154 e. The normalized spacial score (nSPS) is 52.6. The van der Waals surface area contributed by atoms with Crippen LogP contribution < -0.4 is 0 Å². The van der Waals surface area contributed by atoms with E-state index in [-0.39, 0.29) is 34.6 Å². The molecule has 3 fully saturated rings. The van der Waals surface area contributed by atoms with Gasteiger partial charge in [-0.25, -0.2) is 0 Å². The van der Waals surface area contributed by atoms with Crippen molar-refractivity contribution in [1.82, 2.24) is 0 Å². The van der Waals surface area contributed by atoms with E-state index in [4.69, 9.17) is 4.74 Å². The summed E-state index contributed by atoms with van der Waals surface area (Å²) in [4.78, 5) is 13.5. The molecule has 0 amide bonds. The van der Waals surface area contributed by atoms with E-state index in [0.717, 1.165) is 25.7 Å². The molecule has 1 N–H and O–H groups in total. The van der Waals surface area contributed by atoms with Crippen LogP contribution in [0.1, 0.15) is 66.7 Å². The van der Waals surface area contributed by atoms with Crippen LogP contribution in [-0.2, 0) is 9.53 Å². The van der Waals surface area contributed by atoms with Gasteiger partial charge in [0.1, 0.15) is 0 Å². The summed E-state index contributed by atoms with van der Waals surface area (Å²) in [6, 6.07) is 0. The number of ether oxygens (including phenoxy) is 1. The van der Waals surface area contributed by atoms with Gasteiger partial charge in [0.2, 0.25) is 0 Å². The third-order valence-corrected chi connectivity index (χ3v) is 8.48. The Morgan fingerprint density at radius 3 is 2.44 bits per heavy atom. The SMILES string of the molecule is CC#C[C@]1(C)C[C@@H](O)[C@@]2(C)C3C(OC)CCC3(CC[C@H]2C)[C@@H](C)C1=O. The highest BCUT2D eigenvalue weighted by Gasteiger charge is 2.67. The van der Waals surface area contributed by atoms with Gasteiger partial charge < -0.3 is 9.84 Å². The zero-order valence-electron chi connectivity index (χ0n) is 16.7. The highest BCUT2D eigenvalue weighted by Crippen LogP contribution is 2.68. The van der Waals surface area contributed by atoms with Gasteiger partial charge >= 0.3 is 0 Å². The molecule has 3 heteroatoms. The molecule has 0 heterocycles. The van der Waals surface area contributed by atoms with E-state index in [1.54, 1.807) is 14.0 Å². The molecule has 3 nitrogen and oxygen atoms in total. The highest BCUT2D eigenvalue weighted by atomic mass is 16.5. The van der Waals surface area contributed by atoms with Gasteiger partial charge in [0.05, 0.1) is 17.6 Å². The van der Waals surface area contributed by atoms with Crippen molar-refractivity contribution in [2.45, 2.75) is 78.9 Å². The van der Waals surface area contributed by atoms with E-state index in [1.807, 2.05) is 6.92 Å². The molecular formula is C22H34O3. The van der Waals surface area contributed by atoms with E-state index in [0.29, 0.717) is 12.3 Å². The Morgan fingerprint density at radius 1 is 1.20 bits per heavy atom. The minimum Gasteiger partial charge on any atom is -0.392 e. The van der Waals surface area contributed by atoms with Gasteiger partial charge in [-0.05, 0) is 63.2 Å².